The largest absolute Gasteiger partial charge is 0.433 e. The second-order valence-electron chi connectivity index (χ2n) is 4.56. The predicted octanol–water partition coefficient (Wildman–Crippen LogP) is 2.56. The first kappa shape index (κ1) is 12.4. The number of hydrogen-bond acceptors (Lipinski definition) is 2. The minimum Gasteiger partial charge on any atom is -0.316 e. The van der Waals surface area contributed by atoms with Gasteiger partial charge in [-0.15, -0.1) is 0 Å². The van der Waals surface area contributed by atoms with Gasteiger partial charge in [0, 0.05) is 5.69 Å². The van der Waals surface area contributed by atoms with Gasteiger partial charge in [0.15, 0.2) is 0 Å². The van der Waals surface area contributed by atoms with Crippen molar-refractivity contribution in [2.75, 3.05) is 13.1 Å². The Morgan fingerprint density at radius 2 is 2.18 bits per heavy atom. The molecule has 1 atom stereocenters. The van der Waals surface area contributed by atoms with Gasteiger partial charge in [-0.2, -0.15) is 13.2 Å². The van der Waals surface area contributed by atoms with Crippen LogP contribution in [0.1, 0.15) is 23.4 Å². The SMILES string of the molecule is Cc1cc(CC2CCNC2)cc(C(F)(F)F)n1. The molecule has 17 heavy (non-hydrogen) atoms. The molecule has 2 nitrogen and oxygen atoms in total. The monoisotopic (exact) mass is 244 g/mol. The molecule has 1 aliphatic rings. The van der Waals surface area contributed by atoms with E-state index >= 15 is 0 Å². The lowest BCUT2D eigenvalue weighted by molar-refractivity contribution is -0.141. The summed E-state index contributed by atoms with van der Waals surface area (Å²) in [5.74, 6) is 0.442. The minimum absolute atomic E-state index is 0.431. The molecule has 0 saturated carbocycles. The lowest BCUT2D eigenvalue weighted by Crippen LogP contribution is -2.13. The first-order valence-corrected chi connectivity index (χ1v) is 5.70. The molecule has 94 valence electrons. The average Bonchev–Trinajstić information content (AvgIpc) is 2.68. The number of nitrogens with one attached hydrogen (secondary N) is 1. The van der Waals surface area contributed by atoms with E-state index in [0.717, 1.165) is 25.1 Å². The molecule has 1 aliphatic heterocycles. The second kappa shape index (κ2) is 4.64. The highest BCUT2D eigenvalue weighted by Crippen LogP contribution is 2.29. The summed E-state index contributed by atoms with van der Waals surface area (Å²) in [5.41, 5.74) is 0.387. The van der Waals surface area contributed by atoms with Crippen molar-refractivity contribution in [2.45, 2.75) is 25.9 Å². The Kier molecular flexibility index (Phi) is 3.38. The lowest BCUT2D eigenvalue weighted by atomic mass is 9.98. The molecule has 0 aromatic carbocycles. The van der Waals surface area contributed by atoms with Gasteiger partial charge in [0.25, 0.3) is 0 Å². The number of nitrogens with zero attached hydrogens (tertiary/aromatic N) is 1. The molecule has 1 aromatic rings. The van der Waals surface area contributed by atoms with Gasteiger partial charge in [-0.05, 0) is 56.5 Å². The third-order valence-corrected chi connectivity index (χ3v) is 2.99. The maximum absolute atomic E-state index is 12.6. The summed E-state index contributed by atoms with van der Waals surface area (Å²) in [7, 11) is 0. The maximum atomic E-state index is 12.6. The molecule has 0 spiro atoms. The Hall–Kier alpha value is -1.10. The van der Waals surface area contributed by atoms with Crippen LogP contribution in [-0.2, 0) is 12.6 Å². The van der Waals surface area contributed by atoms with Gasteiger partial charge >= 0.3 is 6.18 Å². The maximum Gasteiger partial charge on any atom is 0.433 e. The molecule has 0 radical (unpaired) electrons. The van der Waals surface area contributed by atoms with Crippen LogP contribution in [0, 0.1) is 12.8 Å². The van der Waals surface area contributed by atoms with Crippen molar-refractivity contribution in [3.8, 4) is 0 Å². The number of aryl methyl sites for hydroxylation is 1. The Morgan fingerprint density at radius 1 is 1.41 bits per heavy atom. The smallest absolute Gasteiger partial charge is 0.316 e. The van der Waals surface area contributed by atoms with Crippen molar-refractivity contribution in [2.24, 2.45) is 5.92 Å². The molecular formula is C12H15F3N2. The van der Waals surface area contributed by atoms with Crippen molar-refractivity contribution >= 4 is 0 Å². The average molecular weight is 244 g/mol. The van der Waals surface area contributed by atoms with Crippen molar-refractivity contribution in [3.05, 3.63) is 29.1 Å². The highest BCUT2D eigenvalue weighted by molar-refractivity contribution is 5.23. The molecule has 1 saturated heterocycles. The molecule has 0 bridgehead atoms. The van der Waals surface area contributed by atoms with Crippen LogP contribution >= 0.6 is 0 Å². The van der Waals surface area contributed by atoms with E-state index in [1.807, 2.05) is 0 Å². The van der Waals surface area contributed by atoms with Gasteiger partial charge in [-0.1, -0.05) is 0 Å². The molecule has 0 aliphatic carbocycles. The minimum atomic E-state index is -4.35. The van der Waals surface area contributed by atoms with Crippen LogP contribution in [0.25, 0.3) is 0 Å². The van der Waals surface area contributed by atoms with Gasteiger partial charge < -0.3 is 5.32 Å². The van der Waals surface area contributed by atoms with Crippen LogP contribution in [0.2, 0.25) is 0 Å². The van der Waals surface area contributed by atoms with Gasteiger partial charge in [-0.3, -0.25) is 0 Å². The summed E-state index contributed by atoms with van der Waals surface area (Å²) in [6, 6.07) is 2.92. The molecule has 1 N–H and O–H groups in total. The predicted molar refractivity (Wildman–Crippen MR) is 58.7 cm³/mol. The number of rotatable bonds is 2. The van der Waals surface area contributed by atoms with E-state index in [2.05, 4.69) is 10.3 Å². The van der Waals surface area contributed by atoms with E-state index in [1.54, 1.807) is 13.0 Å². The van der Waals surface area contributed by atoms with Crippen LogP contribution in [0.3, 0.4) is 0 Å². The molecule has 0 amide bonds. The van der Waals surface area contributed by atoms with Crippen LogP contribution in [0.4, 0.5) is 13.2 Å². The lowest BCUT2D eigenvalue weighted by Gasteiger charge is -2.12. The molecule has 2 rings (SSSR count). The van der Waals surface area contributed by atoms with Crippen LogP contribution in [-0.4, -0.2) is 18.1 Å². The highest BCUT2D eigenvalue weighted by Gasteiger charge is 2.33. The van der Waals surface area contributed by atoms with Crippen molar-refractivity contribution in [3.63, 3.8) is 0 Å². The molecule has 2 heterocycles. The quantitative estimate of drug-likeness (QED) is 0.864. The Labute approximate surface area is 98.2 Å². The zero-order valence-electron chi connectivity index (χ0n) is 9.64. The summed E-state index contributed by atoms with van der Waals surface area (Å²) in [4.78, 5) is 3.54. The number of pyridine rings is 1. The number of aromatic nitrogens is 1. The van der Waals surface area contributed by atoms with Gasteiger partial charge in [0.05, 0.1) is 0 Å². The first-order valence-electron chi connectivity index (χ1n) is 5.70. The van der Waals surface area contributed by atoms with E-state index in [0.29, 0.717) is 18.0 Å². The summed E-state index contributed by atoms with van der Waals surface area (Å²) < 4.78 is 37.8. The van der Waals surface area contributed by atoms with Crippen LogP contribution in [0.15, 0.2) is 12.1 Å². The van der Waals surface area contributed by atoms with Crippen LogP contribution in [0.5, 0.6) is 0 Å². The Balaban J connectivity index is 2.19. The van der Waals surface area contributed by atoms with Crippen molar-refractivity contribution < 1.29 is 13.2 Å². The Bertz CT molecular complexity index is 395. The highest BCUT2D eigenvalue weighted by atomic mass is 19.4. The third-order valence-electron chi connectivity index (χ3n) is 2.99. The molecule has 5 heteroatoms. The summed E-state index contributed by atoms with van der Waals surface area (Å²) in [5, 5.41) is 3.21. The normalized spacial score (nSPS) is 20.8. The van der Waals surface area contributed by atoms with Gasteiger partial charge in [0.1, 0.15) is 5.69 Å². The second-order valence-corrected chi connectivity index (χ2v) is 4.56. The van der Waals surface area contributed by atoms with E-state index in [9.17, 15) is 13.2 Å². The van der Waals surface area contributed by atoms with Crippen molar-refractivity contribution in [1.29, 1.82) is 0 Å². The number of alkyl halides is 3. The Morgan fingerprint density at radius 3 is 2.76 bits per heavy atom. The molecule has 1 unspecified atom stereocenters. The molecular weight excluding hydrogens is 229 g/mol. The molecule has 1 aromatic heterocycles. The van der Waals surface area contributed by atoms with E-state index in [4.69, 9.17) is 0 Å². The fourth-order valence-electron chi connectivity index (χ4n) is 2.23. The number of hydrogen-bond donors (Lipinski definition) is 1. The summed E-state index contributed by atoms with van der Waals surface area (Å²) in [6.07, 6.45) is -2.63. The zero-order valence-corrected chi connectivity index (χ0v) is 9.64. The van der Waals surface area contributed by atoms with Crippen molar-refractivity contribution in [1.82, 2.24) is 10.3 Å². The standard InChI is InChI=1S/C12H15F3N2/c1-8-4-10(5-9-2-3-16-7-9)6-11(17-8)12(13,14)15/h4,6,9,16H,2-3,5,7H2,1H3. The third kappa shape index (κ3) is 3.19. The van der Waals surface area contributed by atoms with Gasteiger partial charge in [-0.25, -0.2) is 4.98 Å². The fourth-order valence-corrected chi connectivity index (χ4v) is 2.23. The van der Waals surface area contributed by atoms with Gasteiger partial charge in [0.2, 0.25) is 0 Å². The van der Waals surface area contributed by atoms with Crippen LogP contribution < -0.4 is 5.32 Å². The number of halogens is 3. The summed E-state index contributed by atoms with van der Waals surface area (Å²) in [6.45, 7) is 3.45. The first-order chi connectivity index (χ1) is 7.95. The zero-order chi connectivity index (χ0) is 12.5. The summed E-state index contributed by atoms with van der Waals surface area (Å²) >= 11 is 0. The fraction of sp³-hybridized carbons (Fsp3) is 0.583. The van der Waals surface area contributed by atoms with E-state index < -0.39 is 11.9 Å². The molecule has 1 fully saturated rings. The topological polar surface area (TPSA) is 24.9 Å². The van der Waals surface area contributed by atoms with E-state index in [-0.39, 0.29) is 0 Å². The van der Waals surface area contributed by atoms with E-state index in [1.165, 1.54) is 6.07 Å².